The Morgan fingerprint density at radius 1 is 1.03 bits per heavy atom. The van der Waals surface area contributed by atoms with Gasteiger partial charge in [0.25, 0.3) is 0 Å². The molecule has 0 amide bonds. The fourth-order valence-corrected chi connectivity index (χ4v) is 4.50. The number of hydrogen-bond donors (Lipinski definition) is 2. The standard InChI is InChI=1S/C26H25ClN6/c1-16-9-26(28)31-17(2)22(16)13-29-14-24-21-5-3-4-6-25(21)33(32-24)15-18-7-8-23-19(10-18)11-20(27)12-30-23/h3-12,29H,13-15H2,1-2H3,(H2,28,31). The third kappa shape index (κ3) is 4.40. The lowest BCUT2D eigenvalue weighted by Gasteiger charge is -2.11. The van der Waals surface area contributed by atoms with Gasteiger partial charge in [0, 0.05) is 35.8 Å². The molecule has 6 nitrogen and oxygen atoms in total. The number of nitrogen functional groups attached to an aromatic ring is 1. The number of hydrogen-bond acceptors (Lipinski definition) is 5. The predicted octanol–water partition coefficient (Wildman–Crippen LogP) is 5.17. The summed E-state index contributed by atoms with van der Waals surface area (Å²) < 4.78 is 2.06. The lowest BCUT2D eigenvalue weighted by molar-refractivity contribution is 0.639. The molecule has 0 radical (unpaired) electrons. The summed E-state index contributed by atoms with van der Waals surface area (Å²) >= 11 is 6.14. The van der Waals surface area contributed by atoms with Crippen LogP contribution in [-0.4, -0.2) is 19.7 Å². The van der Waals surface area contributed by atoms with Crippen LogP contribution in [0.3, 0.4) is 0 Å². The van der Waals surface area contributed by atoms with Crippen LogP contribution in [-0.2, 0) is 19.6 Å². The predicted molar refractivity (Wildman–Crippen MR) is 134 cm³/mol. The van der Waals surface area contributed by atoms with Crippen molar-refractivity contribution >= 4 is 39.2 Å². The molecular weight excluding hydrogens is 432 g/mol. The second-order valence-corrected chi connectivity index (χ2v) is 8.77. The highest BCUT2D eigenvalue weighted by Crippen LogP contribution is 2.23. The Kier molecular flexibility index (Phi) is 5.70. The molecule has 5 rings (SSSR count). The Bertz CT molecular complexity index is 1450. The number of aromatic nitrogens is 4. The van der Waals surface area contributed by atoms with Crippen LogP contribution in [0.15, 0.2) is 60.8 Å². The van der Waals surface area contributed by atoms with Gasteiger partial charge in [0.15, 0.2) is 0 Å². The zero-order valence-corrected chi connectivity index (χ0v) is 19.4. The molecule has 0 aliphatic rings. The van der Waals surface area contributed by atoms with Gasteiger partial charge in [-0.25, -0.2) is 4.98 Å². The van der Waals surface area contributed by atoms with Crippen LogP contribution >= 0.6 is 11.6 Å². The molecule has 2 aromatic carbocycles. The molecule has 0 saturated heterocycles. The molecule has 3 heterocycles. The summed E-state index contributed by atoms with van der Waals surface area (Å²) in [5, 5.41) is 11.3. The maximum Gasteiger partial charge on any atom is 0.123 e. The second-order valence-electron chi connectivity index (χ2n) is 8.33. The average molecular weight is 457 g/mol. The van der Waals surface area contributed by atoms with Crippen LogP contribution in [0.5, 0.6) is 0 Å². The van der Waals surface area contributed by atoms with Gasteiger partial charge in [-0.3, -0.25) is 9.67 Å². The SMILES string of the molecule is Cc1cc(N)nc(C)c1CNCc1nn(Cc2ccc3ncc(Cl)cc3c2)c2ccccc12. The van der Waals surface area contributed by atoms with Crippen molar-refractivity contribution < 1.29 is 0 Å². The second kappa shape index (κ2) is 8.81. The van der Waals surface area contributed by atoms with E-state index in [1.54, 1.807) is 6.20 Å². The smallest absolute Gasteiger partial charge is 0.123 e. The number of anilines is 1. The summed E-state index contributed by atoms with van der Waals surface area (Å²) in [5.74, 6) is 0.560. The lowest BCUT2D eigenvalue weighted by atomic mass is 10.1. The zero-order valence-electron chi connectivity index (χ0n) is 18.6. The molecule has 7 heteroatoms. The number of fused-ring (bicyclic) bond motifs is 2. The van der Waals surface area contributed by atoms with Crippen LogP contribution in [0.2, 0.25) is 5.02 Å². The Labute approximate surface area is 197 Å². The van der Waals surface area contributed by atoms with E-state index in [4.69, 9.17) is 22.4 Å². The van der Waals surface area contributed by atoms with Crippen molar-refractivity contribution in [1.82, 2.24) is 25.1 Å². The first-order chi connectivity index (χ1) is 16.0. The molecule has 0 spiro atoms. The minimum Gasteiger partial charge on any atom is -0.384 e. The minimum atomic E-state index is 0.560. The summed E-state index contributed by atoms with van der Waals surface area (Å²) in [4.78, 5) is 8.78. The quantitative estimate of drug-likeness (QED) is 0.368. The summed E-state index contributed by atoms with van der Waals surface area (Å²) in [7, 11) is 0. The van der Waals surface area contributed by atoms with E-state index in [0.717, 1.165) is 44.3 Å². The topological polar surface area (TPSA) is 81.6 Å². The molecule has 0 aliphatic heterocycles. The third-order valence-electron chi connectivity index (χ3n) is 5.95. The normalized spacial score (nSPS) is 11.5. The van der Waals surface area contributed by atoms with Crippen molar-refractivity contribution in [3.8, 4) is 0 Å². The molecule has 0 bridgehead atoms. The van der Waals surface area contributed by atoms with Gasteiger partial charge in [0.1, 0.15) is 5.82 Å². The molecule has 0 saturated carbocycles. The molecular formula is C26H25ClN6. The van der Waals surface area contributed by atoms with Gasteiger partial charge in [-0.15, -0.1) is 0 Å². The van der Waals surface area contributed by atoms with E-state index in [1.807, 2.05) is 25.1 Å². The highest BCUT2D eigenvalue weighted by Gasteiger charge is 2.12. The Hall–Kier alpha value is -3.48. The number of pyridine rings is 2. The maximum atomic E-state index is 6.14. The van der Waals surface area contributed by atoms with Gasteiger partial charge in [0.05, 0.1) is 28.3 Å². The first-order valence-corrected chi connectivity index (χ1v) is 11.3. The van der Waals surface area contributed by atoms with Crippen LogP contribution < -0.4 is 11.1 Å². The number of para-hydroxylation sites is 1. The van der Waals surface area contributed by atoms with Crippen LogP contribution in [0.1, 0.15) is 28.1 Å². The maximum absolute atomic E-state index is 6.14. The van der Waals surface area contributed by atoms with E-state index in [1.165, 1.54) is 5.56 Å². The number of halogens is 1. The molecule has 0 unspecified atom stereocenters. The van der Waals surface area contributed by atoms with Crippen molar-refractivity contribution in [3.63, 3.8) is 0 Å². The molecule has 0 fully saturated rings. The Morgan fingerprint density at radius 2 is 1.88 bits per heavy atom. The van der Waals surface area contributed by atoms with E-state index < -0.39 is 0 Å². The molecule has 5 aromatic rings. The number of rotatable bonds is 6. The van der Waals surface area contributed by atoms with Crippen molar-refractivity contribution in [1.29, 1.82) is 0 Å². The van der Waals surface area contributed by atoms with Gasteiger partial charge < -0.3 is 11.1 Å². The molecule has 3 N–H and O–H groups in total. The summed E-state index contributed by atoms with van der Waals surface area (Å²) in [6, 6.07) is 18.5. The van der Waals surface area contributed by atoms with E-state index >= 15 is 0 Å². The van der Waals surface area contributed by atoms with Gasteiger partial charge in [-0.05, 0) is 60.9 Å². The van der Waals surface area contributed by atoms with E-state index in [0.29, 0.717) is 30.5 Å². The van der Waals surface area contributed by atoms with E-state index in [2.05, 4.69) is 63.3 Å². The summed E-state index contributed by atoms with van der Waals surface area (Å²) in [6.07, 6.45) is 1.67. The largest absolute Gasteiger partial charge is 0.384 e. The van der Waals surface area contributed by atoms with Gasteiger partial charge in [-0.1, -0.05) is 35.9 Å². The highest BCUT2D eigenvalue weighted by molar-refractivity contribution is 6.31. The fourth-order valence-electron chi connectivity index (χ4n) is 4.33. The van der Waals surface area contributed by atoms with E-state index in [-0.39, 0.29) is 0 Å². The molecule has 0 atom stereocenters. The van der Waals surface area contributed by atoms with Gasteiger partial charge >= 0.3 is 0 Å². The third-order valence-corrected chi connectivity index (χ3v) is 6.15. The molecule has 3 aromatic heterocycles. The van der Waals surface area contributed by atoms with Gasteiger partial charge in [-0.2, -0.15) is 5.10 Å². The van der Waals surface area contributed by atoms with Crippen LogP contribution in [0, 0.1) is 13.8 Å². The number of nitrogens with one attached hydrogen (secondary N) is 1. The number of aryl methyl sites for hydroxylation is 2. The first-order valence-electron chi connectivity index (χ1n) is 10.9. The zero-order chi connectivity index (χ0) is 22.9. The van der Waals surface area contributed by atoms with Crippen molar-refractivity contribution in [2.45, 2.75) is 33.5 Å². The fraction of sp³-hybridized carbons (Fsp3) is 0.192. The first kappa shape index (κ1) is 21.4. The monoisotopic (exact) mass is 456 g/mol. The van der Waals surface area contributed by atoms with Gasteiger partial charge in [0.2, 0.25) is 0 Å². The molecule has 33 heavy (non-hydrogen) atoms. The minimum absolute atomic E-state index is 0.560. The summed E-state index contributed by atoms with van der Waals surface area (Å²) in [6.45, 7) is 6.11. The van der Waals surface area contributed by atoms with E-state index in [9.17, 15) is 0 Å². The number of nitrogens with two attached hydrogens (primary N) is 1. The molecule has 166 valence electrons. The van der Waals surface area contributed by atoms with Crippen LogP contribution in [0.4, 0.5) is 5.82 Å². The van der Waals surface area contributed by atoms with Crippen molar-refractivity contribution in [3.05, 3.63) is 93.9 Å². The van der Waals surface area contributed by atoms with Crippen LogP contribution in [0.25, 0.3) is 21.8 Å². The average Bonchev–Trinajstić information content (AvgIpc) is 3.12. The Balaban J connectivity index is 1.39. The number of benzene rings is 2. The van der Waals surface area contributed by atoms with Crippen molar-refractivity contribution in [2.24, 2.45) is 0 Å². The molecule has 0 aliphatic carbocycles. The lowest BCUT2D eigenvalue weighted by Crippen LogP contribution is -2.16. The highest BCUT2D eigenvalue weighted by atomic mass is 35.5. The number of nitrogens with zero attached hydrogens (tertiary/aromatic N) is 4. The van der Waals surface area contributed by atoms with Crippen molar-refractivity contribution in [2.75, 3.05) is 5.73 Å². The Morgan fingerprint density at radius 3 is 2.73 bits per heavy atom. The summed E-state index contributed by atoms with van der Waals surface area (Å²) in [5.41, 5.74) is 13.4.